The van der Waals surface area contributed by atoms with Crippen molar-refractivity contribution in [3.63, 3.8) is 0 Å². The minimum atomic E-state index is -1.57. The summed E-state index contributed by atoms with van der Waals surface area (Å²) in [4.78, 5) is 0. The van der Waals surface area contributed by atoms with Gasteiger partial charge in [0.15, 0.2) is 0 Å². The number of hydrogen-bond acceptors (Lipinski definition) is 1. The van der Waals surface area contributed by atoms with Crippen LogP contribution in [0.4, 0.5) is 8.78 Å². The van der Waals surface area contributed by atoms with E-state index in [1.807, 2.05) is 0 Å². The number of hydrogen-bond donors (Lipinski definition) is 1. The maximum atomic E-state index is 14.6. The van der Waals surface area contributed by atoms with Gasteiger partial charge in [-0.2, -0.15) is 0 Å². The van der Waals surface area contributed by atoms with Gasteiger partial charge in [-0.05, 0) is 51.3 Å². The van der Waals surface area contributed by atoms with Crippen molar-refractivity contribution in [3.05, 3.63) is 35.6 Å². The van der Waals surface area contributed by atoms with E-state index in [1.54, 1.807) is 18.2 Å². The third-order valence-corrected chi connectivity index (χ3v) is 3.51. The van der Waals surface area contributed by atoms with Crippen LogP contribution >= 0.6 is 0 Å². The first kappa shape index (κ1) is 12.5. The van der Waals surface area contributed by atoms with Crippen molar-refractivity contribution < 1.29 is 8.78 Å². The van der Waals surface area contributed by atoms with Gasteiger partial charge in [0.25, 0.3) is 0 Å². The van der Waals surface area contributed by atoms with Gasteiger partial charge in [-0.3, -0.25) is 0 Å². The second-order valence-corrected chi connectivity index (χ2v) is 5.09. The second-order valence-electron chi connectivity index (χ2n) is 5.09. The monoisotopic (exact) mass is 239 g/mol. The molecule has 1 fully saturated rings. The van der Waals surface area contributed by atoms with Gasteiger partial charge >= 0.3 is 0 Å². The zero-order valence-electron chi connectivity index (χ0n) is 10.2. The summed E-state index contributed by atoms with van der Waals surface area (Å²) in [5.74, 6) is -0.139. The van der Waals surface area contributed by atoms with Crippen LogP contribution in [0.2, 0.25) is 0 Å². The molecule has 1 heterocycles. The van der Waals surface area contributed by atoms with Crippen LogP contribution in [0, 0.1) is 11.7 Å². The summed E-state index contributed by atoms with van der Waals surface area (Å²) in [6.07, 6.45) is 2.50. The lowest BCUT2D eigenvalue weighted by Crippen LogP contribution is -2.33. The van der Waals surface area contributed by atoms with Crippen molar-refractivity contribution >= 4 is 0 Å². The summed E-state index contributed by atoms with van der Waals surface area (Å²) in [7, 11) is 0. The molecule has 0 bridgehead atoms. The SMILES string of the molecule is CC(F)(CC1CCCNC1)c1ccccc1F. The maximum Gasteiger partial charge on any atom is 0.136 e. The van der Waals surface area contributed by atoms with Gasteiger partial charge in [0.1, 0.15) is 11.5 Å². The van der Waals surface area contributed by atoms with Crippen LogP contribution in [0.25, 0.3) is 0 Å². The lowest BCUT2D eigenvalue weighted by Gasteiger charge is -2.29. The molecule has 0 aliphatic carbocycles. The van der Waals surface area contributed by atoms with Crippen LogP contribution in [0.15, 0.2) is 24.3 Å². The van der Waals surface area contributed by atoms with Crippen molar-refractivity contribution in [3.8, 4) is 0 Å². The van der Waals surface area contributed by atoms with E-state index in [9.17, 15) is 8.78 Å². The molecule has 0 spiro atoms. The zero-order valence-corrected chi connectivity index (χ0v) is 10.2. The molecule has 1 saturated heterocycles. The van der Waals surface area contributed by atoms with E-state index in [1.165, 1.54) is 13.0 Å². The van der Waals surface area contributed by atoms with Crippen LogP contribution in [0.3, 0.4) is 0 Å². The highest BCUT2D eigenvalue weighted by Crippen LogP contribution is 2.35. The molecule has 3 heteroatoms. The zero-order chi connectivity index (χ0) is 12.3. The normalized spacial score (nSPS) is 24.3. The molecular formula is C14H19F2N. The quantitative estimate of drug-likeness (QED) is 0.852. The van der Waals surface area contributed by atoms with Gasteiger partial charge in [-0.1, -0.05) is 18.2 Å². The Labute approximate surface area is 101 Å². The van der Waals surface area contributed by atoms with Gasteiger partial charge < -0.3 is 5.32 Å². The Bertz CT molecular complexity index is 370. The molecule has 17 heavy (non-hydrogen) atoms. The van der Waals surface area contributed by atoms with Gasteiger partial charge in [0.05, 0.1) is 0 Å². The van der Waals surface area contributed by atoms with Crippen molar-refractivity contribution in [1.82, 2.24) is 5.32 Å². The fraction of sp³-hybridized carbons (Fsp3) is 0.571. The molecule has 1 aliphatic heterocycles. The summed E-state index contributed by atoms with van der Waals surface area (Å²) in [6, 6.07) is 6.16. The van der Waals surface area contributed by atoms with E-state index in [4.69, 9.17) is 0 Å². The van der Waals surface area contributed by atoms with Crippen LogP contribution in [0.1, 0.15) is 31.7 Å². The number of benzene rings is 1. The summed E-state index contributed by atoms with van der Waals surface area (Å²) < 4.78 is 28.2. The highest BCUT2D eigenvalue weighted by atomic mass is 19.1. The summed E-state index contributed by atoms with van der Waals surface area (Å²) in [6.45, 7) is 3.34. The first-order valence-corrected chi connectivity index (χ1v) is 6.24. The fourth-order valence-electron chi connectivity index (χ4n) is 2.63. The number of alkyl halides is 1. The number of halogens is 2. The van der Waals surface area contributed by atoms with E-state index >= 15 is 0 Å². The van der Waals surface area contributed by atoms with E-state index in [0.717, 1.165) is 25.9 Å². The molecule has 1 aromatic rings. The molecule has 1 nitrogen and oxygen atoms in total. The van der Waals surface area contributed by atoms with Gasteiger partial charge in [0.2, 0.25) is 0 Å². The minimum Gasteiger partial charge on any atom is -0.316 e. The minimum absolute atomic E-state index is 0.186. The summed E-state index contributed by atoms with van der Waals surface area (Å²) in [5, 5.41) is 3.26. The summed E-state index contributed by atoms with van der Waals surface area (Å²) >= 11 is 0. The number of piperidine rings is 1. The van der Waals surface area contributed by atoms with Gasteiger partial charge in [-0.15, -0.1) is 0 Å². The molecule has 2 unspecified atom stereocenters. The molecule has 0 aromatic heterocycles. The molecule has 2 atom stereocenters. The average Bonchev–Trinajstić information content (AvgIpc) is 2.30. The molecule has 1 aliphatic rings. The molecule has 0 amide bonds. The van der Waals surface area contributed by atoms with Crippen molar-refractivity contribution in [2.24, 2.45) is 5.92 Å². The van der Waals surface area contributed by atoms with Gasteiger partial charge in [-0.25, -0.2) is 8.78 Å². The van der Waals surface area contributed by atoms with Crippen LogP contribution in [0.5, 0.6) is 0 Å². The van der Waals surface area contributed by atoms with Crippen molar-refractivity contribution in [2.45, 2.75) is 31.9 Å². The topological polar surface area (TPSA) is 12.0 Å². The Kier molecular flexibility index (Phi) is 3.77. The molecule has 0 radical (unpaired) electrons. The molecule has 0 saturated carbocycles. The Hall–Kier alpha value is -0.960. The third kappa shape index (κ3) is 3.03. The van der Waals surface area contributed by atoms with E-state index in [0.29, 0.717) is 12.3 Å². The number of nitrogens with one attached hydrogen (secondary N) is 1. The first-order valence-electron chi connectivity index (χ1n) is 6.24. The fourth-order valence-corrected chi connectivity index (χ4v) is 2.63. The molecule has 1 aromatic carbocycles. The van der Waals surface area contributed by atoms with E-state index in [2.05, 4.69) is 5.32 Å². The van der Waals surface area contributed by atoms with E-state index in [-0.39, 0.29) is 5.56 Å². The van der Waals surface area contributed by atoms with Crippen LogP contribution in [-0.4, -0.2) is 13.1 Å². The smallest absolute Gasteiger partial charge is 0.136 e. The standard InChI is InChI=1S/C14H19F2N/c1-14(16,9-11-5-4-8-17-10-11)12-6-2-3-7-13(12)15/h2-3,6-7,11,17H,4-5,8-10H2,1H3. The second kappa shape index (κ2) is 5.13. The number of rotatable bonds is 3. The Morgan fingerprint density at radius 2 is 2.18 bits per heavy atom. The third-order valence-electron chi connectivity index (χ3n) is 3.51. The molecule has 1 N–H and O–H groups in total. The Morgan fingerprint density at radius 1 is 1.41 bits per heavy atom. The van der Waals surface area contributed by atoms with Crippen LogP contribution < -0.4 is 5.32 Å². The summed E-state index contributed by atoms with van der Waals surface area (Å²) in [5.41, 5.74) is -1.39. The largest absolute Gasteiger partial charge is 0.316 e. The van der Waals surface area contributed by atoms with Crippen LogP contribution in [-0.2, 0) is 5.67 Å². The predicted molar refractivity (Wildman–Crippen MR) is 65.1 cm³/mol. The molecule has 94 valence electrons. The Balaban J connectivity index is 2.10. The Morgan fingerprint density at radius 3 is 2.82 bits per heavy atom. The highest BCUT2D eigenvalue weighted by Gasteiger charge is 2.32. The highest BCUT2D eigenvalue weighted by molar-refractivity contribution is 5.23. The lowest BCUT2D eigenvalue weighted by atomic mass is 9.84. The van der Waals surface area contributed by atoms with Crippen molar-refractivity contribution in [1.29, 1.82) is 0 Å². The first-order chi connectivity index (χ1) is 8.09. The average molecular weight is 239 g/mol. The van der Waals surface area contributed by atoms with E-state index < -0.39 is 11.5 Å². The molecule has 2 rings (SSSR count). The molecular weight excluding hydrogens is 220 g/mol. The maximum absolute atomic E-state index is 14.6. The van der Waals surface area contributed by atoms with Gasteiger partial charge in [0, 0.05) is 5.56 Å². The van der Waals surface area contributed by atoms with Crippen molar-refractivity contribution in [2.75, 3.05) is 13.1 Å². The predicted octanol–water partition coefficient (Wildman–Crippen LogP) is 3.40. The lowest BCUT2D eigenvalue weighted by molar-refractivity contribution is 0.129.